The fourth-order valence-electron chi connectivity index (χ4n) is 0.970. The quantitative estimate of drug-likeness (QED) is 0.705. The average molecular weight is 193 g/mol. The van der Waals surface area contributed by atoms with Crippen LogP contribution in [0.3, 0.4) is 0 Å². The van der Waals surface area contributed by atoms with E-state index in [4.69, 9.17) is 5.73 Å². The number of hydrogen-bond acceptors (Lipinski definition) is 3. The molecule has 74 valence electrons. The van der Waals surface area contributed by atoms with Crippen molar-refractivity contribution < 1.29 is 8.42 Å². The topological polar surface area (TPSA) is 60.2 Å². The van der Waals surface area contributed by atoms with Gasteiger partial charge in [0.2, 0.25) is 0 Å². The van der Waals surface area contributed by atoms with Gasteiger partial charge in [0.15, 0.2) is 9.84 Å². The van der Waals surface area contributed by atoms with Gasteiger partial charge in [-0.3, -0.25) is 0 Å². The maximum atomic E-state index is 11.1. The molecule has 0 saturated heterocycles. The Morgan fingerprint density at radius 3 is 1.67 bits per heavy atom. The minimum absolute atomic E-state index is 0.164. The molecule has 0 aliphatic rings. The van der Waals surface area contributed by atoms with Crippen LogP contribution in [0.2, 0.25) is 0 Å². The summed E-state index contributed by atoms with van der Waals surface area (Å²) in [6.07, 6.45) is 1.23. The van der Waals surface area contributed by atoms with Crippen LogP contribution in [-0.4, -0.2) is 26.0 Å². The van der Waals surface area contributed by atoms with E-state index in [9.17, 15) is 8.42 Å². The Kier molecular flexibility index (Phi) is 3.32. The first kappa shape index (κ1) is 11.9. The molecule has 0 amide bonds. The summed E-state index contributed by atoms with van der Waals surface area (Å²) in [5, 5.41) is -0.475. The molecular weight excluding hydrogens is 174 g/mol. The highest BCUT2D eigenvalue weighted by atomic mass is 32.2. The Labute approximate surface area is 75.3 Å². The molecule has 2 atom stereocenters. The molecule has 0 aliphatic heterocycles. The summed E-state index contributed by atoms with van der Waals surface area (Å²) in [6, 6.07) is -0.313. The van der Waals surface area contributed by atoms with E-state index in [0.29, 0.717) is 0 Å². The Morgan fingerprint density at radius 2 is 1.58 bits per heavy atom. The molecule has 0 aliphatic carbocycles. The van der Waals surface area contributed by atoms with Crippen molar-refractivity contribution in [3.8, 4) is 0 Å². The van der Waals surface area contributed by atoms with Gasteiger partial charge >= 0.3 is 0 Å². The van der Waals surface area contributed by atoms with Crippen LogP contribution in [0.25, 0.3) is 0 Å². The molecule has 0 unspecified atom stereocenters. The van der Waals surface area contributed by atoms with Gasteiger partial charge in [0.1, 0.15) is 0 Å². The van der Waals surface area contributed by atoms with E-state index in [1.165, 1.54) is 6.26 Å². The lowest BCUT2D eigenvalue weighted by atomic mass is 9.86. The van der Waals surface area contributed by atoms with Gasteiger partial charge in [-0.15, -0.1) is 0 Å². The second kappa shape index (κ2) is 3.34. The third-order valence-electron chi connectivity index (χ3n) is 2.18. The van der Waals surface area contributed by atoms with Gasteiger partial charge < -0.3 is 5.73 Å². The van der Waals surface area contributed by atoms with Crippen LogP contribution in [0.5, 0.6) is 0 Å². The SMILES string of the molecule is C[C@@H]([C@H](N)C(C)(C)C)S(C)(=O)=O. The Bertz CT molecular complexity index is 238. The van der Waals surface area contributed by atoms with Crippen molar-refractivity contribution in [1.29, 1.82) is 0 Å². The highest BCUT2D eigenvalue weighted by Gasteiger charge is 2.31. The van der Waals surface area contributed by atoms with Gasteiger partial charge in [0.05, 0.1) is 5.25 Å². The third-order valence-corrected chi connectivity index (χ3v) is 3.82. The summed E-state index contributed by atoms with van der Waals surface area (Å²) < 4.78 is 22.3. The third kappa shape index (κ3) is 3.11. The van der Waals surface area contributed by atoms with E-state index in [1.807, 2.05) is 20.8 Å². The molecule has 4 heteroatoms. The molecule has 0 fully saturated rings. The molecule has 0 heterocycles. The van der Waals surface area contributed by atoms with Crippen molar-refractivity contribution in [3.05, 3.63) is 0 Å². The summed E-state index contributed by atoms with van der Waals surface area (Å²) in [4.78, 5) is 0. The van der Waals surface area contributed by atoms with Crippen LogP contribution < -0.4 is 5.73 Å². The number of nitrogens with two attached hydrogens (primary N) is 1. The average Bonchev–Trinajstić information content (AvgIpc) is 1.80. The predicted octanol–water partition coefficient (Wildman–Crippen LogP) is 0.793. The molecule has 0 bridgehead atoms. The summed E-state index contributed by atoms with van der Waals surface area (Å²) in [5.41, 5.74) is 5.64. The first-order valence-electron chi connectivity index (χ1n) is 4.01. The van der Waals surface area contributed by atoms with Gasteiger partial charge in [-0.25, -0.2) is 8.42 Å². The predicted molar refractivity (Wildman–Crippen MR) is 51.7 cm³/mol. The van der Waals surface area contributed by atoms with Crippen LogP contribution in [0, 0.1) is 5.41 Å². The normalized spacial score (nSPS) is 18.8. The molecule has 0 aromatic rings. The summed E-state index contributed by atoms with van der Waals surface area (Å²) in [7, 11) is -3.01. The zero-order valence-corrected chi connectivity index (χ0v) is 9.27. The van der Waals surface area contributed by atoms with Crippen molar-refractivity contribution in [2.75, 3.05) is 6.26 Å². The molecule has 0 saturated carbocycles. The fraction of sp³-hybridized carbons (Fsp3) is 1.00. The van der Waals surface area contributed by atoms with Crippen LogP contribution in [0.1, 0.15) is 27.7 Å². The smallest absolute Gasteiger partial charge is 0.151 e. The number of hydrogen-bond donors (Lipinski definition) is 1. The van der Waals surface area contributed by atoms with E-state index in [-0.39, 0.29) is 11.5 Å². The van der Waals surface area contributed by atoms with Crippen LogP contribution in [0.15, 0.2) is 0 Å². The first-order chi connectivity index (χ1) is 5.07. The molecule has 2 N–H and O–H groups in total. The maximum absolute atomic E-state index is 11.1. The monoisotopic (exact) mass is 193 g/mol. The molecule has 0 radical (unpaired) electrons. The largest absolute Gasteiger partial charge is 0.326 e. The van der Waals surface area contributed by atoms with E-state index in [1.54, 1.807) is 6.92 Å². The summed E-state index contributed by atoms with van der Waals surface area (Å²) in [5.74, 6) is 0. The zero-order valence-electron chi connectivity index (χ0n) is 8.46. The molecule has 0 aromatic carbocycles. The van der Waals surface area contributed by atoms with E-state index in [0.717, 1.165) is 0 Å². The number of sulfone groups is 1. The highest BCUT2D eigenvalue weighted by molar-refractivity contribution is 7.91. The summed E-state index contributed by atoms with van der Waals surface area (Å²) in [6.45, 7) is 7.49. The molecule has 3 nitrogen and oxygen atoms in total. The lowest BCUT2D eigenvalue weighted by Crippen LogP contribution is -2.46. The highest BCUT2D eigenvalue weighted by Crippen LogP contribution is 2.22. The fourth-order valence-corrected chi connectivity index (χ4v) is 1.91. The molecular formula is C8H19NO2S. The van der Waals surface area contributed by atoms with Gasteiger partial charge in [-0.1, -0.05) is 20.8 Å². The maximum Gasteiger partial charge on any atom is 0.151 e. The van der Waals surface area contributed by atoms with Gasteiger partial charge in [0.25, 0.3) is 0 Å². The van der Waals surface area contributed by atoms with E-state index >= 15 is 0 Å². The summed E-state index contributed by atoms with van der Waals surface area (Å²) >= 11 is 0. The van der Waals surface area contributed by atoms with Crippen molar-refractivity contribution in [2.45, 2.75) is 39.0 Å². The molecule has 0 aromatic heterocycles. The van der Waals surface area contributed by atoms with E-state index < -0.39 is 15.1 Å². The van der Waals surface area contributed by atoms with Gasteiger partial charge in [-0.05, 0) is 12.3 Å². The van der Waals surface area contributed by atoms with Crippen molar-refractivity contribution in [2.24, 2.45) is 11.1 Å². The van der Waals surface area contributed by atoms with E-state index in [2.05, 4.69) is 0 Å². The van der Waals surface area contributed by atoms with Crippen LogP contribution >= 0.6 is 0 Å². The Balaban J connectivity index is 4.64. The lowest BCUT2D eigenvalue weighted by Gasteiger charge is -2.30. The van der Waals surface area contributed by atoms with Gasteiger partial charge in [0, 0.05) is 12.3 Å². The molecule has 0 rings (SSSR count). The molecule has 0 spiro atoms. The van der Waals surface area contributed by atoms with Crippen molar-refractivity contribution in [3.63, 3.8) is 0 Å². The Hall–Kier alpha value is -0.0900. The van der Waals surface area contributed by atoms with Crippen LogP contribution in [-0.2, 0) is 9.84 Å². The van der Waals surface area contributed by atoms with Gasteiger partial charge in [-0.2, -0.15) is 0 Å². The Morgan fingerprint density at radius 1 is 1.25 bits per heavy atom. The van der Waals surface area contributed by atoms with Crippen LogP contribution in [0.4, 0.5) is 0 Å². The first-order valence-corrected chi connectivity index (χ1v) is 5.96. The van der Waals surface area contributed by atoms with Crippen molar-refractivity contribution >= 4 is 9.84 Å². The van der Waals surface area contributed by atoms with Crippen molar-refractivity contribution in [1.82, 2.24) is 0 Å². The molecule has 12 heavy (non-hydrogen) atoms. The second-order valence-corrected chi connectivity index (χ2v) is 6.83. The minimum Gasteiger partial charge on any atom is -0.326 e. The second-order valence-electron chi connectivity index (χ2n) is 4.43. The minimum atomic E-state index is -3.01. The zero-order chi connectivity index (χ0) is 10.2. The standard InChI is InChI=1S/C8H19NO2S/c1-6(12(5,10)11)7(9)8(2,3)4/h6-7H,9H2,1-5H3/t6-,7-/m0/s1. The number of rotatable bonds is 2. The lowest BCUT2D eigenvalue weighted by molar-refractivity contribution is 0.314.